The van der Waals surface area contributed by atoms with Crippen LogP contribution in [0.1, 0.15) is 43.7 Å². The molecule has 0 N–H and O–H groups in total. The van der Waals surface area contributed by atoms with Gasteiger partial charge in [0.05, 0.1) is 16.1 Å². The van der Waals surface area contributed by atoms with Gasteiger partial charge in [0.2, 0.25) is 5.28 Å². The summed E-state index contributed by atoms with van der Waals surface area (Å²) >= 11 is 12.7. The number of rotatable bonds is 5. The van der Waals surface area contributed by atoms with Crippen LogP contribution in [0.5, 0.6) is 0 Å². The molecule has 32 heavy (non-hydrogen) atoms. The third-order valence-electron chi connectivity index (χ3n) is 6.45. The van der Waals surface area contributed by atoms with Gasteiger partial charge in [0, 0.05) is 55.1 Å². The molecule has 0 amide bonds. The minimum absolute atomic E-state index is 0.226. The fraction of sp³-hybridized carbons (Fsp3) is 0.360. The van der Waals surface area contributed by atoms with Crippen molar-refractivity contribution in [3.63, 3.8) is 0 Å². The summed E-state index contributed by atoms with van der Waals surface area (Å²) in [5, 5.41) is 0.796. The molecule has 4 aromatic heterocycles. The minimum Gasteiger partial charge on any atom is -0.344 e. The van der Waals surface area contributed by atoms with E-state index in [1.165, 1.54) is 25.7 Å². The summed E-state index contributed by atoms with van der Waals surface area (Å²) in [6, 6.07) is 5.93. The lowest BCUT2D eigenvalue weighted by Gasteiger charge is -2.26. The van der Waals surface area contributed by atoms with Gasteiger partial charge in [0.1, 0.15) is 5.69 Å². The first-order valence-corrected chi connectivity index (χ1v) is 11.9. The van der Waals surface area contributed by atoms with Crippen molar-refractivity contribution in [2.75, 3.05) is 0 Å². The van der Waals surface area contributed by atoms with Gasteiger partial charge in [-0.25, -0.2) is 9.97 Å². The number of fused-ring (bicyclic) bond motifs is 1. The predicted molar refractivity (Wildman–Crippen MR) is 129 cm³/mol. The van der Waals surface area contributed by atoms with Crippen molar-refractivity contribution in [2.24, 2.45) is 11.8 Å². The van der Waals surface area contributed by atoms with E-state index in [1.807, 2.05) is 18.3 Å². The van der Waals surface area contributed by atoms with E-state index in [2.05, 4.69) is 43.7 Å². The van der Waals surface area contributed by atoms with Gasteiger partial charge in [-0.1, -0.05) is 37.4 Å². The minimum atomic E-state index is 0.226. The lowest BCUT2D eigenvalue weighted by molar-refractivity contribution is 0.267. The highest BCUT2D eigenvalue weighted by Crippen LogP contribution is 2.35. The summed E-state index contributed by atoms with van der Waals surface area (Å²) < 4.78 is 2.33. The molecular weight excluding hydrogens is 441 g/mol. The quantitative estimate of drug-likeness (QED) is 0.311. The summed E-state index contributed by atoms with van der Waals surface area (Å²) in [4.78, 5) is 17.8. The molecule has 5 nitrogen and oxygen atoms in total. The summed E-state index contributed by atoms with van der Waals surface area (Å²) in [6.07, 6.45) is 15.1. The lowest BCUT2D eigenvalue weighted by atomic mass is 9.83. The molecule has 4 aromatic rings. The number of hydrogen-bond donors (Lipinski definition) is 0. The second-order valence-corrected chi connectivity index (χ2v) is 9.68. The van der Waals surface area contributed by atoms with Crippen LogP contribution in [0.2, 0.25) is 10.3 Å². The smallest absolute Gasteiger partial charge is 0.223 e. The zero-order chi connectivity index (χ0) is 22.1. The maximum Gasteiger partial charge on any atom is 0.223 e. The van der Waals surface area contributed by atoms with E-state index >= 15 is 0 Å². The van der Waals surface area contributed by atoms with Gasteiger partial charge in [-0.05, 0) is 54.0 Å². The summed E-state index contributed by atoms with van der Waals surface area (Å²) in [5.74, 6) is 1.47. The average molecular weight is 466 g/mol. The molecule has 0 spiro atoms. The number of pyridine rings is 2. The van der Waals surface area contributed by atoms with Gasteiger partial charge in [-0.3, -0.25) is 9.97 Å². The molecular formula is C25H25Cl2N5. The van der Waals surface area contributed by atoms with Gasteiger partial charge in [-0.2, -0.15) is 0 Å². The van der Waals surface area contributed by atoms with Crippen LogP contribution in [0, 0.1) is 11.8 Å². The lowest BCUT2D eigenvalue weighted by Crippen LogP contribution is -2.17. The van der Waals surface area contributed by atoms with Crippen molar-refractivity contribution in [3.05, 3.63) is 70.6 Å². The Hall–Kier alpha value is -2.50. The van der Waals surface area contributed by atoms with E-state index in [9.17, 15) is 0 Å². The van der Waals surface area contributed by atoms with E-state index in [-0.39, 0.29) is 5.28 Å². The normalized spacial score (nSPS) is 18.8. The first-order valence-electron chi connectivity index (χ1n) is 11.1. The molecule has 4 heterocycles. The number of aromatic nitrogens is 5. The molecule has 0 radical (unpaired) electrons. The van der Waals surface area contributed by atoms with Gasteiger partial charge >= 0.3 is 0 Å². The Labute approximate surface area is 197 Å². The molecule has 1 aliphatic carbocycles. The van der Waals surface area contributed by atoms with E-state index in [4.69, 9.17) is 23.2 Å². The van der Waals surface area contributed by atoms with Gasteiger partial charge in [0.15, 0.2) is 0 Å². The molecule has 1 fully saturated rings. The SMILES string of the molecule is CC1CCC(Cn2cc(Cc3cccnc3)c3nc(Cl)nc(-c4cncc(Cl)c4)c32)CC1. The zero-order valence-electron chi connectivity index (χ0n) is 18.0. The van der Waals surface area contributed by atoms with Gasteiger partial charge in [-0.15, -0.1) is 0 Å². The molecule has 0 unspecified atom stereocenters. The molecule has 0 aliphatic heterocycles. The molecule has 0 bridgehead atoms. The fourth-order valence-electron chi connectivity index (χ4n) is 4.77. The second-order valence-electron chi connectivity index (χ2n) is 8.90. The first kappa shape index (κ1) is 21.4. The Balaban J connectivity index is 1.64. The largest absolute Gasteiger partial charge is 0.344 e. The standard InChI is InChI=1S/C25H25Cl2N5/c1-16-4-6-17(7-5-16)14-32-15-20(9-18-3-2-8-28-11-18)23-24(32)22(30-25(27)31-23)19-10-21(26)13-29-12-19/h2-3,8,10-13,15-17H,4-7,9,14H2,1H3. The molecule has 164 valence electrons. The summed E-state index contributed by atoms with van der Waals surface area (Å²) in [6.45, 7) is 3.30. The van der Waals surface area contributed by atoms with Crippen molar-refractivity contribution in [1.82, 2.24) is 24.5 Å². The molecule has 0 atom stereocenters. The van der Waals surface area contributed by atoms with Crippen LogP contribution in [0.3, 0.4) is 0 Å². The fourth-order valence-corrected chi connectivity index (χ4v) is 5.11. The second kappa shape index (κ2) is 9.16. The summed E-state index contributed by atoms with van der Waals surface area (Å²) in [7, 11) is 0. The van der Waals surface area contributed by atoms with Crippen molar-refractivity contribution in [3.8, 4) is 11.3 Å². The van der Waals surface area contributed by atoms with Gasteiger partial charge in [0.25, 0.3) is 0 Å². The van der Waals surface area contributed by atoms with Crippen molar-refractivity contribution >= 4 is 34.2 Å². The maximum absolute atomic E-state index is 6.41. The first-order chi connectivity index (χ1) is 15.6. The topological polar surface area (TPSA) is 56.5 Å². The van der Waals surface area contributed by atoms with Gasteiger partial charge < -0.3 is 4.57 Å². The van der Waals surface area contributed by atoms with Crippen molar-refractivity contribution in [1.29, 1.82) is 0 Å². The molecule has 5 rings (SSSR count). The number of nitrogens with zero attached hydrogens (tertiary/aromatic N) is 5. The molecule has 1 saturated carbocycles. The highest BCUT2D eigenvalue weighted by atomic mass is 35.5. The van der Waals surface area contributed by atoms with Crippen LogP contribution in [-0.4, -0.2) is 24.5 Å². The van der Waals surface area contributed by atoms with E-state index < -0.39 is 0 Å². The average Bonchev–Trinajstić information content (AvgIpc) is 3.12. The predicted octanol–water partition coefficient (Wildman–Crippen LogP) is 6.61. The molecule has 7 heteroatoms. The third-order valence-corrected chi connectivity index (χ3v) is 6.82. The monoisotopic (exact) mass is 465 g/mol. The van der Waals surface area contributed by atoms with Crippen LogP contribution in [0.4, 0.5) is 0 Å². The summed E-state index contributed by atoms with van der Waals surface area (Å²) in [5.41, 5.74) is 5.76. The Morgan fingerprint density at radius 3 is 2.62 bits per heavy atom. The van der Waals surface area contributed by atoms with Crippen LogP contribution in [0.15, 0.2) is 49.2 Å². The van der Waals surface area contributed by atoms with Crippen LogP contribution >= 0.6 is 23.2 Å². The maximum atomic E-state index is 6.41. The van der Waals surface area contributed by atoms with Crippen LogP contribution < -0.4 is 0 Å². The number of hydrogen-bond acceptors (Lipinski definition) is 4. The van der Waals surface area contributed by atoms with E-state index in [1.54, 1.807) is 18.6 Å². The number of halogens is 2. The van der Waals surface area contributed by atoms with Crippen LogP contribution in [-0.2, 0) is 13.0 Å². The zero-order valence-corrected chi connectivity index (χ0v) is 19.5. The Morgan fingerprint density at radius 2 is 1.88 bits per heavy atom. The van der Waals surface area contributed by atoms with Crippen LogP contribution in [0.25, 0.3) is 22.3 Å². The Bertz CT molecular complexity index is 1230. The molecule has 0 saturated heterocycles. The highest BCUT2D eigenvalue weighted by molar-refractivity contribution is 6.31. The van der Waals surface area contributed by atoms with Crippen molar-refractivity contribution < 1.29 is 0 Å². The van der Waals surface area contributed by atoms with E-state index in [0.29, 0.717) is 10.9 Å². The molecule has 1 aliphatic rings. The van der Waals surface area contributed by atoms with E-state index in [0.717, 1.165) is 52.3 Å². The Kier molecular flexibility index (Phi) is 6.11. The third kappa shape index (κ3) is 4.50. The highest BCUT2D eigenvalue weighted by Gasteiger charge is 2.23. The van der Waals surface area contributed by atoms with Crippen molar-refractivity contribution in [2.45, 2.75) is 45.6 Å². The molecule has 0 aromatic carbocycles. The Morgan fingerprint density at radius 1 is 1.03 bits per heavy atom.